The van der Waals surface area contributed by atoms with Crippen molar-refractivity contribution in [3.63, 3.8) is 0 Å². The number of pyridine rings is 1. The van der Waals surface area contributed by atoms with E-state index in [4.69, 9.17) is 4.74 Å². The number of halogens is 3. The van der Waals surface area contributed by atoms with Gasteiger partial charge in [-0.3, -0.25) is 14.5 Å². The first-order valence-electron chi connectivity index (χ1n) is 14.8. The quantitative estimate of drug-likeness (QED) is 0.333. The van der Waals surface area contributed by atoms with E-state index in [1.165, 1.54) is 24.4 Å². The molecule has 6 rings (SSSR count). The number of phenolic OH excluding ortho intramolecular Hbond substituents is 1. The van der Waals surface area contributed by atoms with Crippen molar-refractivity contribution in [2.75, 3.05) is 38.0 Å². The Morgan fingerprint density at radius 3 is 2.61 bits per heavy atom. The third-order valence-electron chi connectivity index (χ3n) is 8.59. The highest BCUT2D eigenvalue weighted by Crippen LogP contribution is 2.46. The highest BCUT2D eigenvalue weighted by molar-refractivity contribution is 5.95. The maximum atomic E-state index is 14.0. The average molecular weight is 610 g/mol. The molecular weight excluding hydrogens is 575 g/mol. The normalized spacial score (nSPS) is 20.5. The summed E-state index contributed by atoms with van der Waals surface area (Å²) in [5.74, 6) is 0.564. The number of likely N-dealkylation sites (N-methyl/N-ethyl adjacent to an activating group) is 1. The van der Waals surface area contributed by atoms with Crippen molar-refractivity contribution in [3.05, 3.63) is 76.5 Å². The lowest BCUT2D eigenvalue weighted by molar-refractivity contribution is -0.138. The fourth-order valence-corrected chi connectivity index (χ4v) is 5.95. The summed E-state index contributed by atoms with van der Waals surface area (Å²) >= 11 is 0. The van der Waals surface area contributed by atoms with E-state index in [0.29, 0.717) is 55.2 Å². The standard InChI is InChI=1S/C32H34F3N5O4/c1-2-39-11-13-40(14-12-39)18-20-4-3-19(15-25(20)32(33,34)35)31(43)37-26-17-23(26)24-16-21(5-7-27(24)41)44-28-9-10-36-30-22(28)6-8-29(42)38-30/h3-5,7,9-10,15-16,23,26,41H,2,6,8,11-14,17-18H2,1H3,(H,37,43)(H,36,38,42). The monoisotopic (exact) mass is 609 g/mol. The fraction of sp³-hybridized carbons (Fsp3) is 0.406. The van der Waals surface area contributed by atoms with Crippen molar-refractivity contribution >= 4 is 17.6 Å². The maximum Gasteiger partial charge on any atom is 0.416 e. The summed E-state index contributed by atoms with van der Waals surface area (Å²) in [6.07, 6.45) is -1.72. The summed E-state index contributed by atoms with van der Waals surface area (Å²) in [7, 11) is 0. The Balaban J connectivity index is 1.12. The lowest BCUT2D eigenvalue weighted by atomic mass is 10.0. The van der Waals surface area contributed by atoms with E-state index >= 15 is 0 Å². The first-order chi connectivity index (χ1) is 21.1. The van der Waals surface area contributed by atoms with Gasteiger partial charge in [0.1, 0.15) is 23.1 Å². The van der Waals surface area contributed by atoms with Crippen LogP contribution in [-0.4, -0.2) is 70.5 Å². The molecule has 1 aliphatic carbocycles. The number of benzene rings is 2. The van der Waals surface area contributed by atoms with Crippen LogP contribution in [0.1, 0.15) is 58.3 Å². The number of carbonyl (C=O) groups is 2. The van der Waals surface area contributed by atoms with Gasteiger partial charge >= 0.3 is 6.18 Å². The zero-order chi connectivity index (χ0) is 31.0. The lowest BCUT2D eigenvalue weighted by Crippen LogP contribution is -2.45. The molecular formula is C32H34F3N5O4. The van der Waals surface area contributed by atoms with E-state index in [-0.39, 0.29) is 41.3 Å². The topological polar surface area (TPSA) is 107 Å². The summed E-state index contributed by atoms with van der Waals surface area (Å²) in [5.41, 5.74) is 0.650. The van der Waals surface area contributed by atoms with E-state index in [1.54, 1.807) is 18.2 Å². The first-order valence-corrected chi connectivity index (χ1v) is 14.8. The molecule has 2 amide bonds. The van der Waals surface area contributed by atoms with Crippen LogP contribution >= 0.6 is 0 Å². The molecule has 2 atom stereocenters. The highest BCUT2D eigenvalue weighted by Gasteiger charge is 2.42. The van der Waals surface area contributed by atoms with Crippen LogP contribution in [0.2, 0.25) is 0 Å². The minimum atomic E-state index is -4.59. The summed E-state index contributed by atoms with van der Waals surface area (Å²) in [6, 6.07) is 9.96. The van der Waals surface area contributed by atoms with Crippen molar-refractivity contribution in [2.45, 2.75) is 50.9 Å². The number of aromatic nitrogens is 1. The number of piperazine rings is 1. The van der Waals surface area contributed by atoms with Crippen molar-refractivity contribution in [1.29, 1.82) is 0 Å². The number of nitrogens with zero attached hydrogens (tertiary/aromatic N) is 3. The molecule has 2 unspecified atom stereocenters. The summed E-state index contributed by atoms with van der Waals surface area (Å²) < 4.78 is 48.2. The third-order valence-corrected chi connectivity index (χ3v) is 8.59. The molecule has 9 nitrogen and oxygen atoms in total. The minimum Gasteiger partial charge on any atom is -0.508 e. The fourth-order valence-electron chi connectivity index (χ4n) is 5.95. The van der Waals surface area contributed by atoms with Gasteiger partial charge in [0.25, 0.3) is 5.91 Å². The number of rotatable bonds is 8. The lowest BCUT2D eigenvalue weighted by Gasteiger charge is -2.34. The molecule has 1 saturated carbocycles. The molecule has 1 saturated heterocycles. The van der Waals surface area contributed by atoms with E-state index < -0.39 is 17.6 Å². The van der Waals surface area contributed by atoms with Crippen LogP contribution in [-0.2, 0) is 23.9 Å². The smallest absolute Gasteiger partial charge is 0.416 e. The molecule has 44 heavy (non-hydrogen) atoms. The Hall–Kier alpha value is -4.16. The second-order valence-corrected chi connectivity index (χ2v) is 11.5. The average Bonchev–Trinajstić information content (AvgIpc) is 3.76. The van der Waals surface area contributed by atoms with Gasteiger partial charge in [0.05, 0.1) is 5.56 Å². The number of carbonyl (C=O) groups excluding carboxylic acids is 2. The van der Waals surface area contributed by atoms with Gasteiger partial charge in [0.2, 0.25) is 5.91 Å². The Morgan fingerprint density at radius 2 is 1.86 bits per heavy atom. The van der Waals surface area contributed by atoms with E-state index in [9.17, 15) is 27.9 Å². The molecule has 3 heterocycles. The molecule has 0 bridgehead atoms. The molecule has 2 aromatic carbocycles. The van der Waals surface area contributed by atoms with Gasteiger partial charge in [0.15, 0.2) is 0 Å². The Labute approximate surface area is 253 Å². The van der Waals surface area contributed by atoms with Crippen LogP contribution in [0.5, 0.6) is 17.2 Å². The summed E-state index contributed by atoms with van der Waals surface area (Å²) in [4.78, 5) is 33.3. The van der Waals surface area contributed by atoms with E-state index in [0.717, 1.165) is 31.3 Å². The predicted molar refractivity (Wildman–Crippen MR) is 157 cm³/mol. The predicted octanol–water partition coefficient (Wildman–Crippen LogP) is 4.91. The van der Waals surface area contributed by atoms with Crippen molar-refractivity contribution in [2.24, 2.45) is 0 Å². The molecule has 2 aliphatic heterocycles. The number of ether oxygens (including phenoxy) is 1. The number of hydrogen-bond acceptors (Lipinski definition) is 7. The molecule has 3 N–H and O–H groups in total. The number of aromatic hydroxyl groups is 1. The van der Waals surface area contributed by atoms with E-state index in [1.807, 2.05) is 4.90 Å². The molecule has 232 valence electrons. The van der Waals surface area contributed by atoms with Gasteiger partial charge in [-0.25, -0.2) is 4.98 Å². The number of fused-ring (bicyclic) bond motifs is 1. The SMILES string of the molecule is CCN1CCN(Cc2ccc(C(=O)NC3CC3c3cc(Oc4ccnc5c4CCC(=O)N5)ccc3O)cc2C(F)(F)F)CC1. The van der Waals surface area contributed by atoms with Crippen molar-refractivity contribution < 1.29 is 32.6 Å². The van der Waals surface area contributed by atoms with Crippen molar-refractivity contribution in [3.8, 4) is 17.2 Å². The van der Waals surface area contributed by atoms with Crippen LogP contribution in [0.15, 0.2) is 48.7 Å². The summed E-state index contributed by atoms with van der Waals surface area (Å²) in [6.45, 7) is 6.18. The number of nitrogens with one attached hydrogen (secondary N) is 2. The van der Waals surface area contributed by atoms with Gasteiger partial charge in [0, 0.05) is 74.0 Å². The van der Waals surface area contributed by atoms with Crippen LogP contribution in [0.4, 0.5) is 19.0 Å². The molecule has 3 aliphatic rings. The zero-order valence-corrected chi connectivity index (χ0v) is 24.3. The number of amides is 2. The third kappa shape index (κ3) is 6.51. The maximum absolute atomic E-state index is 14.0. The van der Waals surface area contributed by atoms with Gasteiger partial charge in [-0.15, -0.1) is 0 Å². The van der Waals surface area contributed by atoms with Crippen LogP contribution in [0, 0.1) is 0 Å². The molecule has 2 fully saturated rings. The number of alkyl halides is 3. The Bertz CT molecular complexity index is 1570. The Kier molecular flexibility index (Phi) is 8.21. The number of hydrogen-bond donors (Lipinski definition) is 3. The zero-order valence-electron chi connectivity index (χ0n) is 24.3. The van der Waals surface area contributed by atoms with Gasteiger partial charge in [-0.05, 0) is 61.3 Å². The molecule has 12 heteroatoms. The van der Waals surface area contributed by atoms with Crippen molar-refractivity contribution in [1.82, 2.24) is 20.1 Å². The van der Waals surface area contributed by atoms with Crippen LogP contribution in [0.25, 0.3) is 0 Å². The minimum absolute atomic E-state index is 0.0339. The molecule has 3 aromatic rings. The molecule has 0 spiro atoms. The highest BCUT2D eigenvalue weighted by atomic mass is 19.4. The second kappa shape index (κ2) is 12.1. The summed E-state index contributed by atoms with van der Waals surface area (Å²) in [5, 5.41) is 16.1. The molecule has 1 aromatic heterocycles. The first kappa shape index (κ1) is 29.9. The van der Waals surface area contributed by atoms with Gasteiger partial charge in [-0.1, -0.05) is 13.0 Å². The number of anilines is 1. The van der Waals surface area contributed by atoms with E-state index in [2.05, 4.69) is 27.4 Å². The Morgan fingerprint density at radius 1 is 1.09 bits per heavy atom. The second-order valence-electron chi connectivity index (χ2n) is 11.5. The van der Waals surface area contributed by atoms with Gasteiger partial charge < -0.3 is 25.4 Å². The van der Waals surface area contributed by atoms with Crippen LogP contribution < -0.4 is 15.4 Å². The molecule has 0 radical (unpaired) electrons. The van der Waals surface area contributed by atoms with Gasteiger partial charge in [-0.2, -0.15) is 13.2 Å². The largest absolute Gasteiger partial charge is 0.508 e. The number of phenols is 1. The van der Waals surface area contributed by atoms with Crippen LogP contribution in [0.3, 0.4) is 0 Å².